The largest absolute Gasteiger partial charge is 0.493 e. The molecule has 1 aromatic heterocycles. The number of thiophene rings is 1. The molecule has 0 fully saturated rings. The van der Waals surface area contributed by atoms with Gasteiger partial charge in [0.1, 0.15) is 10.6 Å². The van der Waals surface area contributed by atoms with Crippen LogP contribution in [0.5, 0.6) is 11.5 Å². The zero-order valence-corrected chi connectivity index (χ0v) is 21.1. The number of aryl methyl sites for hydroxylation is 1. The van der Waals surface area contributed by atoms with Crippen LogP contribution in [-0.4, -0.2) is 32.7 Å². The predicted molar refractivity (Wildman–Crippen MR) is 135 cm³/mol. The van der Waals surface area contributed by atoms with Gasteiger partial charge < -0.3 is 19.5 Å². The third kappa shape index (κ3) is 5.83. The van der Waals surface area contributed by atoms with Crippen molar-refractivity contribution in [1.29, 1.82) is 0 Å². The van der Waals surface area contributed by atoms with Crippen molar-refractivity contribution >= 4 is 50.2 Å². The van der Waals surface area contributed by atoms with Crippen LogP contribution in [0.4, 0.5) is 5.00 Å². The van der Waals surface area contributed by atoms with Gasteiger partial charge in [0, 0.05) is 17.0 Å². The van der Waals surface area contributed by atoms with E-state index in [0.29, 0.717) is 26.5 Å². The number of hydrogen-bond donors (Lipinski definition) is 1. The molecule has 0 aliphatic heterocycles. The highest BCUT2D eigenvalue weighted by atomic mass is 79.9. The molecule has 2 aromatic carbocycles. The van der Waals surface area contributed by atoms with E-state index in [1.165, 1.54) is 17.4 Å². The number of nitrogens with one attached hydrogen (secondary N) is 1. The number of methoxy groups -OCH3 is 2. The maximum absolute atomic E-state index is 12.7. The summed E-state index contributed by atoms with van der Waals surface area (Å²) in [5, 5.41) is 5.10. The Balaban J connectivity index is 1.87. The van der Waals surface area contributed by atoms with Gasteiger partial charge in [0.05, 0.1) is 25.3 Å². The second kappa shape index (κ2) is 11.2. The molecule has 0 aliphatic carbocycles. The SMILES string of the molecule is CCOC(=O)c1c(-c2ccc(C)cc2)csc1NC(=O)/C=C/c1cc(Br)c(OC)c(OC)c1. The van der Waals surface area contributed by atoms with Gasteiger partial charge in [-0.2, -0.15) is 0 Å². The first-order chi connectivity index (χ1) is 15.9. The van der Waals surface area contributed by atoms with Gasteiger partial charge in [-0.05, 0) is 59.1 Å². The molecule has 0 saturated carbocycles. The molecule has 3 aromatic rings. The van der Waals surface area contributed by atoms with E-state index in [4.69, 9.17) is 14.2 Å². The molecule has 3 rings (SSSR count). The zero-order valence-electron chi connectivity index (χ0n) is 18.7. The number of anilines is 1. The summed E-state index contributed by atoms with van der Waals surface area (Å²) in [6.45, 7) is 3.99. The smallest absolute Gasteiger partial charge is 0.341 e. The summed E-state index contributed by atoms with van der Waals surface area (Å²) in [6.07, 6.45) is 3.05. The van der Waals surface area contributed by atoms with Crippen LogP contribution < -0.4 is 14.8 Å². The van der Waals surface area contributed by atoms with Crippen LogP contribution in [0.1, 0.15) is 28.4 Å². The van der Waals surface area contributed by atoms with E-state index in [1.807, 2.05) is 42.6 Å². The van der Waals surface area contributed by atoms with Crippen molar-refractivity contribution in [2.24, 2.45) is 0 Å². The number of carbonyl (C=O) groups is 2. The van der Waals surface area contributed by atoms with Crippen molar-refractivity contribution < 1.29 is 23.8 Å². The Morgan fingerprint density at radius 3 is 2.48 bits per heavy atom. The second-order valence-electron chi connectivity index (χ2n) is 7.00. The summed E-state index contributed by atoms with van der Waals surface area (Å²) in [6, 6.07) is 11.4. The summed E-state index contributed by atoms with van der Waals surface area (Å²) < 4.78 is 16.6. The maximum Gasteiger partial charge on any atom is 0.341 e. The average molecular weight is 530 g/mol. The second-order valence-corrected chi connectivity index (χ2v) is 8.73. The van der Waals surface area contributed by atoms with Crippen molar-refractivity contribution in [1.82, 2.24) is 0 Å². The normalized spacial score (nSPS) is 10.8. The molecule has 33 heavy (non-hydrogen) atoms. The topological polar surface area (TPSA) is 73.9 Å². The summed E-state index contributed by atoms with van der Waals surface area (Å²) in [7, 11) is 3.10. The fourth-order valence-corrected chi connectivity index (χ4v) is 4.74. The molecule has 0 spiro atoms. The third-order valence-corrected chi connectivity index (χ3v) is 6.24. The van der Waals surface area contributed by atoms with Gasteiger partial charge in [-0.1, -0.05) is 29.8 Å². The molecule has 1 amide bonds. The minimum atomic E-state index is -0.475. The molecule has 0 aliphatic rings. The molecule has 0 atom stereocenters. The Hall–Kier alpha value is -3.10. The van der Waals surface area contributed by atoms with E-state index >= 15 is 0 Å². The van der Waals surface area contributed by atoms with E-state index in [-0.39, 0.29) is 12.5 Å². The minimum Gasteiger partial charge on any atom is -0.493 e. The Morgan fingerprint density at radius 1 is 1.12 bits per heavy atom. The zero-order chi connectivity index (χ0) is 24.0. The fourth-order valence-electron chi connectivity index (χ4n) is 3.16. The van der Waals surface area contributed by atoms with E-state index < -0.39 is 5.97 Å². The Bertz CT molecular complexity index is 1180. The lowest BCUT2D eigenvalue weighted by molar-refractivity contribution is -0.111. The van der Waals surface area contributed by atoms with E-state index in [0.717, 1.165) is 22.3 Å². The predicted octanol–water partition coefficient (Wildman–Crippen LogP) is 6.33. The van der Waals surface area contributed by atoms with Crippen LogP contribution in [0.25, 0.3) is 17.2 Å². The summed E-state index contributed by atoms with van der Waals surface area (Å²) in [5.41, 5.74) is 3.81. The molecule has 172 valence electrons. The summed E-state index contributed by atoms with van der Waals surface area (Å²) in [5.74, 6) is 0.263. The Kier molecular flexibility index (Phi) is 8.30. The van der Waals surface area contributed by atoms with Gasteiger partial charge in [0.25, 0.3) is 0 Å². The van der Waals surface area contributed by atoms with Crippen LogP contribution in [0.15, 0.2) is 52.3 Å². The molecule has 8 heteroatoms. The summed E-state index contributed by atoms with van der Waals surface area (Å²) in [4.78, 5) is 25.4. The molecular formula is C25H24BrNO5S. The number of halogens is 1. The van der Waals surface area contributed by atoms with Gasteiger partial charge in [-0.25, -0.2) is 4.79 Å². The van der Waals surface area contributed by atoms with Crippen molar-refractivity contribution in [3.63, 3.8) is 0 Å². The number of rotatable bonds is 8. The monoisotopic (exact) mass is 529 g/mol. The molecule has 1 N–H and O–H groups in total. The molecule has 6 nitrogen and oxygen atoms in total. The lowest BCUT2D eigenvalue weighted by Crippen LogP contribution is -2.12. The Labute approximate surface area is 205 Å². The van der Waals surface area contributed by atoms with Crippen LogP contribution in [-0.2, 0) is 9.53 Å². The minimum absolute atomic E-state index is 0.240. The number of ether oxygens (including phenoxy) is 3. The fraction of sp³-hybridized carbons (Fsp3) is 0.200. The molecule has 0 unspecified atom stereocenters. The molecule has 0 saturated heterocycles. The maximum atomic E-state index is 12.7. The molecule has 0 radical (unpaired) electrons. The van der Waals surface area contributed by atoms with Crippen molar-refractivity contribution in [2.45, 2.75) is 13.8 Å². The highest BCUT2D eigenvalue weighted by Crippen LogP contribution is 2.37. The number of benzene rings is 2. The summed E-state index contributed by atoms with van der Waals surface area (Å²) >= 11 is 4.72. The number of esters is 1. The van der Waals surface area contributed by atoms with E-state index in [2.05, 4.69) is 21.2 Å². The number of hydrogen-bond acceptors (Lipinski definition) is 6. The van der Waals surface area contributed by atoms with Crippen LogP contribution in [0, 0.1) is 6.92 Å². The average Bonchev–Trinajstić information content (AvgIpc) is 3.21. The third-order valence-electron chi connectivity index (χ3n) is 4.75. The van der Waals surface area contributed by atoms with Crippen molar-refractivity contribution in [3.8, 4) is 22.6 Å². The molecule has 0 bridgehead atoms. The van der Waals surface area contributed by atoms with Gasteiger partial charge in [-0.15, -0.1) is 11.3 Å². The van der Waals surface area contributed by atoms with Gasteiger partial charge in [0.2, 0.25) is 5.91 Å². The lowest BCUT2D eigenvalue weighted by Gasteiger charge is -2.10. The van der Waals surface area contributed by atoms with Crippen LogP contribution in [0.2, 0.25) is 0 Å². The molecule has 1 heterocycles. The van der Waals surface area contributed by atoms with E-state index in [1.54, 1.807) is 33.3 Å². The lowest BCUT2D eigenvalue weighted by atomic mass is 10.0. The van der Waals surface area contributed by atoms with Gasteiger partial charge in [-0.3, -0.25) is 4.79 Å². The number of amides is 1. The highest BCUT2D eigenvalue weighted by molar-refractivity contribution is 9.10. The van der Waals surface area contributed by atoms with Crippen LogP contribution in [0.3, 0.4) is 0 Å². The molecular weight excluding hydrogens is 506 g/mol. The van der Waals surface area contributed by atoms with Gasteiger partial charge >= 0.3 is 5.97 Å². The Morgan fingerprint density at radius 2 is 1.85 bits per heavy atom. The standard InChI is InChI=1S/C25H24BrNO5S/c1-5-32-25(29)22-18(17-9-6-15(2)7-10-17)14-33-24(22)27-21(28)11-8-16-12-19(26)23(31-4)20(13-16)30-3/h6-14H,5H2,1-4H3,(H,27,28)/b11-8+. The van der Waals surface area contributed by atoms with Crippen molar-refractivity contribution in [2.75, 3.05) is 26.1 Å². The first-order valence-corrected chi connectivity index (χ1v) is 11.8. The van der Waals surface area contributed by atoms with E-state index in [9.17, 15) is 9.59 Å². The van der Waals surface area contributed by atoms with Crippen molar-refractivity contribution in [3.05, 3.63) is 69.0 Å². The quantitative estimate of drug-likeness (QED) is 0.272. The number of carbonyl (C=O) groups excluding carboxylic acids is 2. The highest BCUT2D eigenvalue weighted by Gasteiger charge is 2.22. The van der Waals surface area contributed by atoms with Gasteiger partial charge in [0.15, 0.2) is 11.5 Å². The first kappa shape index (κ1) is 24.5. The van der Waals surface area contributed by atoms with Crippen LogP contribution >= 0.6 is 27.3 Å². The first-order valence-electron chi connectivity index (χ1n) is 10.1.